The highest BCUT2D eigenvalue weighted by molar-refractivity contribution is 8.27. The van der Waals surface area contributed by atoms with Crippen LogP contribution in [0.4, 0.5) is 5.69 Å². The number of thioether (sulfide) groups is 1. The zero-order valence-electron chi connectivity index (χ0n) is 18.5. The fourth-order valence-corrected chi connectivity index (χ4v) is 4.96. The van der Waals surface area contributed by atoms with Crippen LogP contribution in [0.3, 0.4) is 0 Å². The molecule has 1 unspecified atom stereocenters. The van der Waals surface area contributed by atoms with Gasteiger partial charge in [0.05, 0.1) is 10.5 Å². The number of amides is 1. The van der Waals surface area contributed by atoms with Gasteiger partial charge in [-0.1, -0.05) is 37.3 Å². The number of rotatable bonds is 6. The van der Waals surface area contributed by atoms with Crippen LogP contribution in [0.15, 0.2) is 86.8 Å². The molecule has 1 N–H and O–H groups in total. The maximum Gasteiger partial charge on any atom is 0.283 e. The number of aliphatic imine (C=N–C) groups is 1. The number of fused-ring (bicyclic) bond motifs is 1. The Morgan fingerprint density at radius 2 is 1.89 bits per heavy atom. The van der Waals surface area contributed by atoms with E-state index in [0.29, 0.717) is 22.3 Å². The van der Waals surface area contributed by atoms with Crippen LogP contribution < -0.4 is 0 Å². The Morgan fingerprint density at radius 1 is 1.14 bits per heavy atom. The third kappa shape index (κ3) is 4.31. The summed E-state index contributed by atoms with van der Waals surface area (Å²) in [6, 6.07) is 19.3. The molecule has 2 aromatic carbocycles. The van der Waals surface area contributed by atoms with E-state index in [-0.39, 0.29) is 23.0 Å². The first-order valence-corrected chi connectivity index (χ1v) is 11.7. The molecule has 5 rings (SSSR count). The maximum atomic E-state index is 12.8. The number of nitrogens with zero attached hydrogens (tertiary/aromatic N) is 4. The van der Waals surface area contributed by atoms with E-state index in [0.717, 1.165) is 17.0 Å². The third-order valence-corrected chi connectivity index (χ3v) is 6.68. The summed E-state index contributed by atoms with van der Waals surface area (Å²) in [5.74, 6) is 0.275. The van der Waals surface area contributed by atoms with Gasteiger partial charge in [-0.25, -0.2) is 0 Å². The van der Waals surface area contributed by atoms with Crippen molar-refractivity contribution >= 4 is 45.5 Å². The maximum absolute atomic E-state index is 12.8. The molecule has 0 aliphatic carbocycles. The van der Waals surface area contributed by atoms with Crippen LogP contribution in [-0.4, -0.2) is 31.9 Å². The highest BCUT2D eigenvalue weighted by Crippen LogP contribution is 2.36. The summed E-state index contributed by atoms with van der Waals surface area (Å²) in [6.45, 7) is 2.07. The number of non-ortho nitro benzene ring substituents is 1. The fraction of sp³-hybridized carbons (Fsp3) is 0.120. The molecule has 174 valence electrons. The molecule has 1 atom stereocenters. The molecule has 1 amide bonds. The van der Waals surface area contributed by atoms with Crippen LogP contribution in [0, 0.1) is 15.5 Å². The van der Waals surface area contributed by atoms with E-state index in [1.54, 1.807) is 24.3 Å². The van der Waals surface area contributed by atoms with Crippen LogP contribution >= 0.6 is 11.8 Å². The number of amidine groups is 2. The Bertz CT molecular complexity index is 1420. The monoisotopic (exact) mass is 485 g/mol. The number of hydrazone groups is 1. The molecule has 3 aromatic rings. The van der Waals surface area contributed by atoms with Gasteiger partial charge in [0.15, 0.2) is 5.84 Å². The minimum atomic E-state index is -0.536. The second kappa shape index (κ2) is 9.15. The summed E-state index contributed by atoms with van der Waals surface area (Å²) in [5, 5.41) is 26.6. The lowest BCUT2D eigenvalue weighted by molar-refractivity contribution is -0.384. The average Bonchev–Trinajstić information content (AvgIpc) is 3.50. The second-order valence-corrected chi connectivity index (χ2v) is 8.82. The summed E-state index contributed by atoms with van der Waals surface area (Å²) >= 11 is 1.31. The predicted molar refractivity (Wildman–Crippen MR) is 135 cm³/mol. The highest BCUT2D eigenvalue weighted by Gasteiger charge is 2.37. The second-order valence-electron chi connectivity index (χ2n) is 7.84. The van der Waals surface area contributed by atoms with Crippen molar-refractivity contribution in [3.8, 4) is 11.3 Å². The van der Waals surface area contributed by atoms with Gasteiger partial charge in [-0.3, -0.25) is 20.3 Å². The number of furan rings is 1. The summed E-state index contributed by atoms with van der Waals surface area (Å²) in [4.78, 5) is 27.3. The molecule has 0 radical (unpaired) electrons. The lowest BCUT2D eigenvalue weighted by Gasteiger charge is -2.19. The standard InChI is InChI=1S/C25H19N5O4S/c1-2-19(15-6-4-3-5-7-15)24-28-29-22(26)20(23(31)27-25(29)35-24)14-18-12-13-21(34-18)16-8-10-17(11-9-16)30(32)33/h3-14,19,26H,2H2,1H3. The SMILES string of the molecule is CCC(C1=NN2C(=N)C(=Cc3ccc(-c4ccc([N+](=O)[O-])cc4)o3)C(=O)N=C2S1)c1ccccc1. The lowest BCUT2D eigenvalue weighted by Crippen LogP contribution is -2.35. The van der Waals surface area contributed by atoms with Crippen molar-refractivity contribution in [3.63, 3.8) is 0 Å². The number of carbonyl (C=O) groups excluding carboxylic acids is 1. The van der Waals surface area contributed by atoms with Crippen LogP contribution in [-0.2, 0) is 4.79 Å². The first kappa shape index (κ1) is 22.5. The van der Waals surface area contributed by atoms with Gasteiger partial charge in [-0.05, 0) is 54.1 Å². The molecule has 1 aromatic heterocycles. The largest absolute Gasteiger partial charge is 0.457 e. The molecule has 9 nitrogen and oxygen atoms in total. The molecule has 0 saturated heterocycles. The Hall–Kier alpha value is -4.31. The third-order valence-electron chi connectivity index (χ3n) is 5.65. The number of nitrogens with one attached hydrogen (secondary N) is 1. The predicted octanol–water partition coefficient (Wildman–Crippen LogP) is 5.67. The van der Waals surface area contributed by atoms with Gasteiger partial charge in [0.1, 0.15) is 16.6 Å². The van der Waals surface area contributed by atoms with E-state index in [2.05, 4.69) is 17.0 Å². The minimum Gasteiger partial charge on any atom is -0.457 e. The first-order chi connectivity index (χ1) is 16.9. The lowest BCUT2D eigenvalue weighted by atomic mass is 9.98. The molecule has 3 heterocycles. The van der Waals surface area contributed by atoms with Gasteiger partial charge in [-0.2, -0.15) is 15.1 Å². The van der Waals surface area contributed by atoms with E-state index in [1.165, 1.54) is 35.0 Å². The topological polar surface area (TPSA) is 125 Å². The quantitative estimate of drug-likeness (QED) is 0.272. The van der Waals surface area contributed by atoms with Crippen LogP contribution in [0.25, 0.3) is 17.4 Å². The summed E-state index contributed by atoms with van der Waals surface area (Å²) in [7, 11) is 0. The van der Waals surface area contributed by atoms with Crippen LogP contribution in [0.5, 0.6) is 0 Å². The van der Waals surface area contributed by atoms with Crippen LogP contribution in [0.1, 0.15) is 30.6 Å². The Morgan fingerprint density at radius 3 is 2.57 bits per heavy atom. The van der Waals surface area contributed by atoms with Crippen molar-refractivity contribution in [1.29, 1.82) is 5.41 Å². The Kier molecular flexibility index (Phi) is 5.87. The van der Waals surface area contributed by atoms with Crippen molar-refractivity contribution in [2.75, 3.05) is 0 Å². The first-order valence-electron chi connectivity index (χ1n) is 10.8. The molecule has 2 aliphatic rings. The van der Waals surface area contributed by atoms with Crippen molar-refractivity contribution < 1.29 is 14.1 Å². The number of benzene rings is 2. The number of nitro benzene ring substituents is 1. The van der Waals surface area contributed by atoms with Gasteiger partial charge in [0, 0.05) is 23.6 Å². The number of hydrogen-bond acceptors (Lipinski definition) is 7. The van der Waals surface area contributed by atoms with E-state index in [9.17, 15) is 14.9 Å². The normalized spacial score (nSPS) is 17.3. The zero-order chi connectivity index (χ0) is 24.5. The molecule has 2 aliphatic heterocycles. The molecular weight excluding hydrogens is 466 g/mol. The van der Waals surface area contributed by atoms with E-state index >= 15 is 0 Å². The number of carbonyl (C=O) groups is 1. The highest BCUT2D eigenvalue weighted by atomic mass is 32.2. The molecule has 35 heavy (non-hydrogen) atoms. The van der Waals surface area contributed by atoms with E-state index in [4.69, 9.17) is 9.83 Å². The van der Waals surface area contributed by atoms with Gasteiger partial charge < -0.3 is 4.42 Å². The van der Waals surface area contributed by atoms with Crippen molar-refractivity contribution in [3.05, 3.63) is 93.7 Å². The molecule has 10 heteroatoms. The summed E-state index contributed by atoms with van der Waals surface area (Å²) < 4.78 is 5.81. The Labute approximate surface area is 204 Å². The van der Waals surface area contributed by atoms with Gasteiger partial charge in [0.25, 0.3) is 11.6 Å². The molecule has 0 bridgehead atoms. The fourth-order valence-electron chi connectivity index (χ4n) is 3.86. The molecular formula is C25H19N5O4S. The van der Waals surface area contributed by atoms with E-state index < -0.39 is 10.8 Å². The minimum absolute atomic E-state index is 0.0152. The van der Waals surface area contributed by atoms with E-state index in [1.807, 2.05) is 30.3 Å². The van der Waals surface area contributed by atoms with Gasteiger partial charge in [0.2, 0.25) is 5.17 Å². The summed E-state index contributed by atoms with van der Waals surface area (Å²) in [6.07, 6.45) is 2.28. The van der Waals surface area contributed by atoms with Crippen molar-refractivity contribution in [1.82, 2.24) is 5.01 Å². The van der Waals surface area contributed by atoms with Gasteiger partial charge >= 0.3 is 0 Å². The molecule has 0 fully saturated rings. The zero-order valence-corrected chi connectivity index (χ0v) is 19.4. The summed E-state index contributed by atoms with van der Waals surface area (Å²) in [5.41, 5.74) is 1.82. The smallest absolute Gasteiger partial charge is 0.283 e. The average molecular weight is 486 g/mol. The molecule has 0 saturated carbocycles. The van der Waals surface area contributed by atoms with Crippen LogP contribution in [0.2, 0.25) is 0 Å². The Balaban J connectivity index is 1.40. The molecule has 0 spiro atoms. The number of hydrogen-bond donors (Lipinski definition) is 1. The van der Waals surface area contributed by atoms with Crippen molar-refractivity contribution in [2.24, 2.45) is 10.1 Å². The van der Waals surface area contributed by atoms with Crippen molar-refractivity contribution in [2.45, 2.75) is 19.3 Å². The van der Waals surface area contributed by atoms with Gasteiger partial charge in [-0.15, -0.1) is 0 Å². The number of nitro groups is 1.